The highest BCUT2D eigenvalue weighted by atomic mass is 32.2. The Bertz CT molecular complexity index is 1880. The van der Waals surface area contributed by atoms with E-state index < -0.39 is 10.0 Å². The number of anilines is 1. The molecule has 6 aromatic rings. The molecule has 0 amide bonds. The van der Waals surface area contributed by atoms with Gasteiger partial charge in [-0.1, -0.05) is 30.3 Å². The van der Waals surface area contributed by atoms with Crippen LogP contribution in [0.15, 0.2) is 101 Å². The zero-order valence-corrected chi connectivity index (χ0v) is 21.7. The summed E-state index contributed by atoms with van der Waals surface area (Å²) in [6, 6.07) is 22.1. The highest BCUT2D eigenvalue weighted by Crippen LogP contribution is 2.33. The van der Waals surface area contributed by atoms with Crippen molar-refractivity contribution in [3.05, 3.63) is 91.5 Å². The van der Waals surface area contributed by atoms with E-state index in [1.165, 1.54) is 0 Å². The fourth-order valence-corrected chi connectivity index (χ4v) is 5.40. The molecule has 0 radical (unpaired) electrons. The largest absolute Gasteiger partial charge is 0.497 e. The van der Waals surface area contributed by atoms with Crippen molar-refractivity contribution in [1.29, 1.82) is 0 Å². The first-order chi connectivity index (χ1) is 19.0. The van der Waals surface area contributed by atoms with Crippen LogP contribution in [0.5, 0.6) is 5.75 Å². The lowest BCUT2D eigenvalue weighted by Gasteiger charge is -2.10. The van der Waals surface area contributed by atoms with Gasteiger partial charge in [-0.05, 0) is 53.2 Å². The van der Waals surface area contributed by atoms with E-state index in [0.29, 0.717) is 23.2 Å². The quantitative estimate of drug-likeness (QED) is 0.255. The van der Waals surface area contributed by atoms with Crippen molar-refractivity contribution in [3.8, 4) is 28.4 Å². The maximum atomic E-state index is 12.8. The van der Waals surface area contributed by atoms with Gasteiger partial charge in [-0.15, -0.1) is 0 Å². The molecule has 0 aliphatic carbocycles. The summed E-state index contributed by atoms with van der Waals surface area (Å²) >= 11 is 0. The molecule has 0 aliphatic heterocycles. The average Bonchev–Trinajstić information content (AvgIpc) is 3.57. The molecule has 0 aliphatic rings. The van der Waals surface area contributed by atoms with E-state index in [4.69, 9.17) is 9.15 Å². The Labute approximate surface area is 224 Å². The van der Waals surface area contributed by atoms with Gasteiger partial charge in [0.05, 0.1) is 17.7 Å². The molecule has 11 heteroatoms. The number of hydrogen-bond donors (Lipinski definition) is 2. The van der Waals surface area contributed by atoms with Crippen molar-refractivity contribution < 1.29 is 17.6 Å². The minimum absolute atomic E-state index is 0.151. The number of sulfonamides is 1. The van der Waals surface area contributed by atoms with Gasteiger partial charge in [0.2, 0.25) is 16.0 Å². The second-order valence-corrected chi connectivity index (χ2v) is 10.5. The number of rotatable bonds is 9. The number of methoxy groups -OCH3 is 1. The lowest BCUT2D eigenvalue weighted by atomic mass is 10.1. The van der Waals surface area contributed by atoms with E-state index in [1.807, 2.05) is 52.9 Å². The molecule has 3 aromatic carbocycles. The molecule has 196 valence electrons. The van der Waals surface area contributed by atoms with Gasteiger partial charge in [0.1, 0.15) is 23.4 Å². The molecule has 3 aromatic heterocycles. The van der Waals surface area contributed by atoms with Gasteiger partial charge in [-0.3, -0.25) is 4.40 Å². The van der Waals surface area contributed by atoms with Crippen LogP contribution in [0.2, 0.25) is 0 Å². The molecule has 0 atom stereocenters. The summed E-state index contributed by atoms with van der Waals surface area (Å²) < 4.78 is 40.9. The van der Waals surface area contributed by atoms with Crippen LogP contribution in [0.1, 0.15) is 0 Å². The van der Waals surface area contributed by atoms with Crippen molar-refractivity contribution in [1.82, 2.24) is 24.1 Å². The van der Waals surface area contributed by atoms with Crippen LogP contribution in [-0.4, -0.2) is 48.0 Å². The second-order valence-electron chi connectivity index (χ2n) is 8.69. The number of imidazole rings is 1. The Kier molecular flexibility index (Phi) is 6.43. The maximum absolute atomic E-state index is 12.8. The zero-order valence-electron chi connectivity index (χ0n) is 20.9. The van der Waals surface area contributed by atoms with Gasteiger partial charge in [-0.2, -0.15) is 4.98 Å². The fourth-order valence-electron chi connectivity index (χ4n) is 4.33. The lowest BCUT2D eigenvalue weighted by molar-refractivity contribution is 0.415. The summed E-state index contributed by atoms with van der Waals surface area (Å²) in [4.78, 5) is 13.8. The molecule has 39 heavy (non-hydrogen) atoms. The third kappa shape index (κ3) is 4.92. The van der Waals surface area contributed by atoms with Crippen LogP contribution in [0, 0.1) is 0 Å². The topological polar surface area (TPSA) is 124 Å². The predicted octanol–water partition coefficient (Wildman–Crippen LogP) is 4.60. The number of oxazole rings is 1. The van der Waals surface area contributed by atoms with Crippen LogP contribution in [0.4, 0.5) is 5.95 Å². The number of hydrogen-bond acceptors (Lipinski definition) is 8. The minimum atomic E-state index is -3.67. The Morgan fingerprint density at radius 1 is 0.949 bits per heavy atom. The smallest absolute Gasteiger partial charge is 0.306 e. The Morgan fingerprint density at radius 3 is 2.59 bits per heavy atom. The average molecular weight is 541 g/mol. The van der Waals surface area contributed by atoms with E-state index >= 15 is 0 Å². The number of fused-ring (bicyclic) bond motifs is 2. The van der Waals surface area contributed by atoms with E-state index in [2.05, 4.69) is 25.0 Å². The molecule has 0 spiro atoms. The molecule has 0 saturated carbocycles. The summed E-state index contributed by atoms with van der Waals surface area (Å²) in [6.45, 7) is 0.438. The van der Waals surface area contributed by atoms with E-state index in [1.54, 1.807) is 50.0 Å². The van der Waals surface area contributed by atoms with Gasteiger partial charge in [0.15, 0.2) is 0 Å². The van der Waals surface area contributed by atoms with Crippen molar-refractivity contribution in [2.45, 2.75) is 4.90 Å². The second kappa shape index (κ2) is 10.2. The summed E-state index contributed by atoms with van der Waals surface area (Å²) in [7, 11) is -2.05. The first-order valence-electron chi connectivity index (χ1n) is 12.2. The Morgan fingerprint density at radius 2 is 1.77 bits per heavy atom. The number of aromatic nitrogens is 4. The fraction of sp³-hybridized carbons (Fsp3) is 0.107. The molecule has 2 N–H and O–H groups in total. The molecular formula is C28H24N6O4S. The first kappa shape index (κ1) is 24.6. The standard InChI is InChI=1S/C28H24N6O4S/c1-37-22-9-6-20(7-10-22)25-26(34-16-17-38-28(34)33-25)24-12-13-29-27(32-24)30-14-15-31-39(35,36)23-11-8-19-4-2-3-5-21(19)18-23/h2-13,16-18,31H,14-15H2,1H3,(H,29,30,32). The number of nitrogens with one attached hydrogen (secondary N) is 2. The van der Waals surface area contributed by atoms with Gasteiger partial charge in [0.25, 0.3) is 0 Å². The lowest BCUT2D eigenvalue weighted by Crippen LogP contribution is -2.29. The van der Waals surface area contributed by atoms with Crippen molar-refractivity contribution in [2.75, 3.05) is 25.5 Å². The van der Waals surface area contributed by atoms with Crippen LogP contribution >= 0.6 is 0 Å². The van der Waals surface area contributed by atoms with Crippen LogP contribution in [-0.2, 0) is 10.0 Å². The molecule has 0 unspecified atom stereocenters. The third-order valence-corrected chi connectivity index (χ3v) is 7.71. The predicted molar refractivity (Wildman–Crippen MR) is 148 cm³/mol. The van der Waals surface area contributed by atoms with E-state index in [-0.39, 0.29) is 18.0 Å². The molecular weight excluding hydrogens is 516 g/mol. The minimum Gasteiger partial charge on any atom is -0.497 e. The molecule has 10 nitrogen and oxygen atoms in total. The molecule has 6 rings (SSSR count). The summed E-state index contributed by atoms with van der Waals surface area (Å²) in [5.41, 5.74) is 2.95. The molecule has 0 bridgehead atoms. The first-order valence-corrected chi connectivity index (χ1v) is 13.7. The zero-order chi connectivity index (χ0) is 26.8. The molecule has 0 fully saturated rings. The van der Waals surface area contributed by atoms with Crippen LogP contribution in [0.3, 0.4) is 0 Å². The monoisotopic (exact) mass is 540 g/mol. The normalized spacial score (nSPS) is 11.7. The molecule has 0 saturated heterocycles. The highest BCUT2D eigenvalue weighted by Gasteiger charge is 2.20. The Balaban J connectivity index is 1.18. The number of ether oxygens (including phenoxy) is 1. The number of benzene rings is 3. The third-order valence-electron chi connectivity index (χ3n) is 6.26. The molecule has 3 heterocycles. The van der Waals surface area contributed by atoms with Gasteiger partial charge < -0.3 is 14.5 Å². The van der Waals surface area contributed by atoms with Crippen molar-refractivity contribution >= 4 is 32.6 Å². The van der Waals surface area contributed by atoms with Crippen molar-refractivity contribution in [3.63, 3.8) is 0 Å². The Hall–Kier alpha value is -4.74. The maximum Gasteiger partial charge on any atom is 0.306 e. The van der Waals surface area contributed by atoms with Gasteiger partial charge in [0, 0.05) is 31.0 Å². The number of nitrogens with zero attached hydrogens (tertiary/aromatic N) is 4. The SMILES string of the molecule is COc1ccc(-c2nc3occn3c2-c2ccnc(NCCNS(=O)(=O)c3ccc4ccccc4c3)n2)cc1. The van der Waals surface area contributed by atoms with E-state index in [0.717, 1.165) is 27.8 Å². The van der Waals surface area contributed by atoms with Crippen molar-refractivity contribution in [2.24, 2.45) is 0 Å². The van der Waals surface area contributed by atoms with Gasteiger partial charge in [-0.25, -0.2) is 23.1 Å². The van der Waals surface area contributed by atoms with Crippen LogP contribution in [0.25, 0.3) is 39.3 Å². The van der Waals surface area contributed by atoms with E-state index in [9.17, 15) is 8.42 Å². The summed E-state index contributed by atoms with van der Waals surface area (Å²) in [6.07, 6.45) is 4.98. The van der Waals surface area contributed by atoms with Crippen LogP contribution < -0.4 is 14.8 Å². The summed E-state index contributed by atoms with van der Waals surface area (Å²) in [5.74, 6) is 1.54. The van der Waals surface area contributed by atoms with Gasteiger partial charge >= 0.3 is 5.84 Å². The summed E-state index contributed by atoms with van der Waals surface area (Å²) in [5, 5.41) is 4.95. The highest BCUT2D eigenvalue weighted by molar-refractivity contribution is 7.89.